The summed E-state index contributed by atoms with van der Waals surface area (Å²) in [5, 5.41) is 10.4. The lowest BCUT2D eigenvalue weighted by Gasteiger charge is -2.12. The lowest BCUT2D eigenvalue weighted by Crippen LogP contribution is -2.00. The maximum atomic E-state index is 10.4. The fourth-order valence-electron chi connectivity index (χ4n) is 3.13. The Bertz CT molecular complexity index is 1120. The fourth-order valence-corrected chi connectivity index (χ4v) is 3.13. The lowest BCUT2D eigenvalue weighted by atomic mass is 10.0. The minimum absolute atomic E-state index is 0.193. The molecular weight excluding hydrogens is 344 g/mol. The van der Waals surface area contributed by atoms with E-state index in [1.807, 2.05) is 91.9 Å². The first-order chi connectivity index (χ1) is 13.7. The van der Waals surface area contributed by atoms with Crippen molar-refractivity contribution >= 4 is 12.2 Å². The first kappa shape index (κ1) is 17.7. The SMILES string of the molecule is Cc1nc(-c2ccccc2O)c(C=Cc2ccccc2)nc1-c1ccccc1. The predicted molar refractivity (Wildman–Crippen MR) is 115 cm³/mol. The number of aryl methyl sites for hydroxylation is 1. The Morgan fingerprint density at radius 1 is 0.679 bits per heavy atom. The summed E-state index contributed by atoms with van der Waals surface area (Å²) in [7, 11) is 0. The highest BCUT2D eigenvalue weighted by Crippen LogP contribution is 2.32. The van der Waals surface area contributed by atoms with E-state index in [0.717, 1.165) is 28.2 Å². The molecule has 4 rings (SSSR count). The van der Waals surface area contributed by atoms with E-state index in [1.165, 1.54) is 0 Å². The highest BCUT2D eigenvalue weighted by molar-refractivity contribution is 5.81. The van der Waals surface area contributed by atoms with Gasteiger partial charge in [0.2, 0.25) is 0 Å². The Hall–Kier alpha value is -3.72. The van der Waals surface area contributed by atoms with E-state index < -0.39 is 0 Å². The van der Waals surface area contributed by atoms with Crippen LogP contribution in [0.15, 0.2) is 84.9 Å². The molecular formula is C25H20N2O. The van der Waals surface area contributed by atoms with Gasteiger partial charge in [0.1, 0.15) is 5.75 Å². The minimum atomic E-state index is 0.193. The number of hydrogen-bond acceptors (Lipinski definition) is 3. The van der Waals surface area contributed by atoms with Crippen LogP contribution in [0.1, 0.15) is 17.0 Å². The molecule has 0 atom stereocenters. The van der Waals surface area contributed by atoms with Crippen molar-refractivity contribution in [1.82, 2.24) is 9.97 Å². The molecule has 0 radical (unpaired) electrons. The normalized spacial score (nSPS) is 11.0. The zero-order chi connectivity index (χ0) is 19.3. The van der Waals surface area contributed by atoms with E-state index in [4.69, 9.17) is 9.97 Å². The second-order valence-electron chi connectivity index (χ2n) is 6.52. The third kappa shape index (κ3) is 3.69. The molecule has 28 heavy (non-hydrogen) atoms. The predicted octanol–water partition coefficient (Wildman–Crippen LogP) is 6.00. The summed E-state index contributed by atoms with van der Waals surface area (Å²) in [6, 6.07) is 27.3. The van der Waals surface area contributed by atoms with Crippen molar-refractivity contribution in [2.45, 2.75) is 6.92 Å². The van der Waals surface area contributed by atoms with Gasteiger partial charge in [0.15, 0.2) is 0 Å². The third-order valence-corrected chi connectivity index (χ3v) is 4.54. The summed E-state index contributed by atoms with van der Waals surface area (Å²) in [4.78, 5) is 9.73. The average molecular weight is 364 g/mol. The van der Waals surface area contributed by atoms with Gasteiger partial charge in [-0.2, -0.15) is 0 Å². The second kappa shape index (κ2) is 7.89. The molecule has 1 heterocycles. The van der Waals surface area contributed by atoms with Crippen LogP contribution < -0.4 is 0 Å². The smallest absolute Gasteiger partial charge is 0.125 e. The Balaban J connectivity index is 1.89. The van der Waals surface area contributed by atoms with Crippen LogP contribution in [0.25, 0.3) is 34.7 Å². The highest BCUT2D eigenvalue weighted by atomic mass is 16.3. The Kier molecular flexibility index (Phi) is 4.98. The molecule has 1 aromatic heterocycles. The van der Waals surface area contributed by atoms with Crippen molar-refractivity contribution in [3.8, 4) is 28.3 Å². The van der Waals surface area contributed by atoms with E-state index in [0.29, 0.717) is 11.3 Å². The van der Waals surface area contributed by atoms with E-state index in [1.54, 1.807) is 12.1 Å². The molecule has 0 aliphatic rings. The highest BCUT2D eigenvalue weighted by Gasteiger charge is 2.15. The summed E-state index contributed by atoms with van der Waals surface area (Å²) in [6.07, 6.45) is 3.97. The Morgan fingerprint density at radius 2 is 1.32 bits per heavy atom. The first-order valence-corrected chi connectivity index (χ1v) is 9.18. The number of phenols is 1. The van der Waals surface area contributed by atoms with Gasteiger partial charge in [-0.1, -0.05) is 78.9 Å². The van der Waals surface area contributed by atoms with Crippen molar-refractivity contribution in [1.29, 1.82) is 0 Å². The average Bonchev–Trinajstić information content (AvgIpc) is 2.74. The Labute approximate surface area is 164 Å². The molecule has 136 valence electrons. The summed E-state index contributed by atoms with van der Waals surface area (Å²) in [5.41, 5.74) is 5.82. The fraction of sp³-hybridized carbons (Fsp3) is 0.0400. The van der Waals surface area contributed by atoms with Crippen LogP contribution >= 0.6 is 0 Å². The number of benzene rings is 3. The van der Waals surface area contributed by atoms with Gasteiger partial charge in [-0.05, 0) is 30.7 Å². The van der Waals surface area contributed by atoms with Crippen LogP contribution in [0.4, 0.5) is 0 Å². The van der Waals surface area contributed by atoms with Crippen molar-refractivity contribution in [3.05, 3.63) is 102 Å². The molecule has 1 N–H and O–H groups in total. The van der Waals surface area contributed by atoms with Crippen molar-refractivity contribution in [3.63, 3.8) is 0 Å². The first-order valence-electron chi connectivity index (χ1n) is 9.18. The number of hydrogen-bond donors (Lipinski definition) is 1. The second-order valence-corrected chi connectivity index (χ2v) is 6.52. The van der Waals surface area contributed by atoms with Crippen LogP contribution in [0.2, 0.25) is 0 Å². The topological polar surface area (TPSA) is 46.0 Å². The number of aromatic nitrogens is 2. The van der Waals surface area contributed by atoms with Gasteiger partial charge in [0.25, 0.3) is 0 Å². The summed E-state index contributed by atoms with van der Waals surface area (Å²) < 4.78 is 0. The third-order valence-electron chi connectivity index (χ3n) is 4.54. The molecule has 0 saturated heterocycles. The molecule has 0 aliphatic heterocycles. The zero-order valence-electron chi connectivity index (χ0n) is 15.6. The van der Waals surface area contributed by atoms with Gasteiger partial charge in [-0.3, -0.25) is 0 Å². The molecule has 3 aromatic carbocycles. The molecule has 0 amide bonds. The van der Waals surface area contributed by atoms with E-state index in [-0.39, 0.29) is 5.75 Å². The number of para-hydroxylation sites is 1. The molecule has 0 saturated carbocycles. The molecule has 3 nitrogen and oxygen atoms in total. The minimum Gasteiger partial charge on any atom is -0.507 e. The van der Waals surface area contributed by atoms with Crippen LogP contribution in [-0.4, -0.2) is 15.1 Å². The van der Waals surface area contributed by atoms with Crippen LogP contribution in [0, 0.1) is 6.92 Å². The van der Waals surface area contributed by atoms with Crippen molar-refractivity contribution < 1.29 is 5.11 Å². The van der Waals surface area contributed by atoms with Crippen LogP contribution in [-0.2, 0) is 0 Å². The molecule has 4 aromatic rings. The zero-order valence-corrected chi connectivity index (χ0v) is 15.6. The number of phenolic OH excluding ortho intramolecular Hbond substituents is 1. The van der Waals surface area contributed by atoms with Gasteiger partial charge in [0.05, 0.1) is 22.8 Å². The van der Waals surface area contributed by atoms with Crippen LogP contribution in [0.5, 0.6) is 5.75 Å². The molecule has 0 aliphatic carbocycles. The van der Waals surface area contributed by atoms with E-state index >= 15 is 0 Å². The quantitative estimate of drug-likeness (QED) is 0.483. The lowest BCUT2D eigenvalue weighted by molar-refractivity contribution is 0.477. The number of aromatic hydroxyl groups is 1. The summed E-state index contributed by atoms with van der Waals surface area (Å²) in [5.74, 6) is 0.193. The Morgan fingerprint density at radius 3 is 2.04 bits per heavy atom. The largest absolute Gasteiger partial charge is 0.507 e. The van der Waals surface area contributed by atoms with Crippen molar-refractivity contribution in [2.24, 2.45) is 0 Å². The van der Waals surface area contributed by atoms with Gasteiger partial charge in [-0.25, -0.2) is 9.97 Å². The molecule has 3 heteroatoms. The van der Waals surface area contributed by atoms with Crippen molar-refractivity contribution in [2.75, 3.05) is 0 Å². The van der Waals surface area contributed by atoms with Gasteiger partial charge < -0.3 is 5.11 Å². The van der Waals surface area contributed by atoms with Gasteiger partial charge >= 0.3 is 0 Å². The molecule has 0 bridgehead atoms. The summed E-state index contributed by atoms with van der Waals surface area (Å²) >= 11 is 0. The molecule has 0 spiro atoms. The molecule has 0 fully saturated rings. The standard InChI is InChI=1S/C25H20N2O/c1-18-24(20-12-6-3-7-13-20)27-22(17-16-19-10-4-2-5-11-19)25(26-18)21-14-8-9-15-23(21)28/h2-17,28H,1H3. The monoisotopic (exact) mass is 364 g/mol. The van der Waals surface area contributed by atoms with Gasteiger partial charge in [-0.15, -0.1) is 0 Å². The molecule has 0 unspecified atom stereocenters. The van der Waals surface area contributed by atoms with Crippen LogP contribution in [0.3, 0.4) is 0 Å². The van der Waals surface area contributed by atoms with Gasteiger partial charge in [0, 0.05) is 11.1 Å². The summed E-state index contributed by atoms with van der Waals surface area (Å²) in [6.45, 7) is 1.95. The van der Waals surface area contributed by atoms with E-state index in [2.05, 4.69) is 0 Å². The maximum Gasteiger partial charge on any atom is 0.125 e. The maximum absolute atomic E-state index is 10.4. The number of nitrogens with zero attached hydrogens (tertiary/aromatic N) is 2. The van der Waals surface area contributed by atoms with E-state index in [9.17, 15) is 5.11 Å². The number of rotatable bonds is 4.